The van der Waals surface area contributed by atoms with Crippen molar-refractivity contribution in [3.8, 4) is 0 Å². The van der Waals surface area contributed by atoms with Crippen LogP contribution in [0.1, 0.15) is 36.5 Å². The molecular formula is C23H29FN4O. The van der Waals surface area contributed by atoms with E-state index in [0.717, 1.165) is 42.2 Å². The minimum absolute atomic E-state index is 0.227. The summed E-state index contributed by atoms with van der Waals surface area (Å²) in [6.07, 6.45) is 1.63. The van der Waals surface area contributed by atoms with E-state index >= 15 is 0 Å². The van der Waals surface area contributed by atoms with E-state index in [1.54, 1.807) is 12.1 Å². The number of nitrogens with zero attached hydrogens (tertiary/aromatic N) is 3. The SMILES string of the molecule is CCNC(=NCc1ccc(CN2CCCC2=O)cc1)N(C)Cc1ccc(F)cc1. The molecule has 1 fully saturated rings. The van der Waals surface area contributed by atoms with Gasteiger partial charge in [0, 0.05) is 39.6 Å². The van der Waals surface area contributed by atoms with Gasteiger partial charge in [-0.05, 0) is 42.2 Å². The highest BCUT2D eigenvalue weighted by Gasteiger charge is 2.19. The van der Waals surface area contributed by atoms with E-state index in [1.165, 1.54) is 12.1 Å². The van der Waals surface area contributed by atoms with Crippen LogP contribution in [0.2, 0.25) is 0 Å². The fourth-order valence-electron chi connectivity index (χ4n) is 3.42. The Bertz CT molecular complexity index is 833. The van der Waals surface area contributed by atoms with Gasteiger partial charge in [-0.1, -0.05) is 36.4 Å². The second-order valence-electron chi connectivity index (χ2n) is 7.39. The third kappa shape index (κ3) is 6.04. The Kier molecular flexibility index (Phi) is 7.22. The average Bonchev–Trinajstić information content (AvgIpc) is 3.12. The Morgan fingerprint density at radius 3 is 2.38 bits per heavy atom. The molecule has 1 saturated heterocycles. The van der Waals surface area contributed by atoms with E-state index < -0.39 is 0 Å². The summed E-state index contributed by atoms with van der Waals surface area (Å²) in [7, 11) is 1.97. The molecule has 1 aliphatic rings. The van der Waals surface area contributed by atoms with Gasteiger partial charge in [0.15, 0.2) is 5.96 Å². The number of benzene rings is 2. The van der Waals surface area contributed by atoms with Crippen LogP contribution in [0, 0.1) is 5.82 Å². The number of aliphatic imine (C=N–C) groups is 1. The van der Waals surface area contributed by atoms with Gasteiger partial charge in [0.05, 0.1) is 6.54 Å². The van der Waals surface area contributed by atoms with Gasteiger partial charge in [0.1, 0.15) is 5.82 Å². The normalized spacial score (nSPS) is 14.4. The number of amides is 1. The van der Waals surface area contributed by atoms with Crippen LogP contribution in [-0.4, -0.2) is 41.8 Å². The molecule has 0 atom stereocenters. The van der Waals surface area contributed by atoms with E-state index in [-0.39, 0.29) is 11.7 Å². The number of hydrogen-bond donors (Lipinski definition) is 1. The van der Waals surface area contributed by atoms with Crippen LogP contribution in [0.25, 0.3) is 0 Å². The molecule has 1 amide bonds. The highest BCUT2D eigenvalue weighted by Crippen LogP contribution is 2.15. The van der Waals surface area contributed by atoms with Gasteiger partial charge in [-0.3, -0.25) is 4.79 Å². The average molecular weight is 397 g/mol. The van der Waals surface area contributed by atoms with Crippen molar-refractivity contribution < 1.29 is 9.18 Å². The minimum Gasteiger partial charge on any atom is -0.357 e. The number of carbonyl (C=O) groups excluding carboxylic acids is 1. The molecule has 0 unspecified atom stereocenters. The molecule has 154 valence electrons. The summed E-state index contributed by atoms with van der Waals surface area (Å²) in [6, 6.07) is 14.8. The maximum absolute atomic E-state index is 13.1. The van der Waals surface area contributed by atoms with Crippen LogP contribution in [0.3, 0.4) is 0 Å². The van der Waals surface area contributed by atoms with Crippen molar-refractivity contribution in [1.29, 1.82) is 0 Å². The molecule has 5 nitrogen and oxygen atoms in total. The van der Waals surface area contributed by atoms with Crippen molar-refractivity contribution in [3.63, 3.8) is 0 Å². The van der Waals surface area contributed by atoms with Crippen molar-refractivity contribution in [3.05, 3.63) is 71.0 Å². The second-order valence-corrected chi connectivity index (χ2v) is 7.39. The first-order valence-corrected chi connectivity index (χ1v) is 10.1. The summed E-state index contributed by atoms with van der Waals surface area (Å²) >= 11 is 0. The topological polar surface area (TPSA) is 47.9 Å². The van der Waals surface area contributed by atoms with Gasteiger partial charge in [-0.2, -0.15) is 0 Å². The van der Waals surface area contributed by atoms with Gasteiger partial charge in [-0.15, -0.1) is 0 Å². The molecule has 0 radical (unpaired) electrons. The predicted octanol–water partition coefficient (Wildman–Crippen LogP) is 3.55. The molecule has 0 aliphatic carbocycles. The lowest BCUT2D eigenvalue weighted by atomic mass is 10.1. The third-order valence-electron chi connectivity index (χ3n) is 5.01. The molecule has 1 N–H and O–H groups in total. The smallest absolute Gasteiger partial charge is 0.222 e. The van der Waals surface area contributed by atoms with E-state index in [2.05, 4.69) is 29.6 Å². The number of carbonyl (C=O) groups is 1. The first-order chi connectivity index (χ1) is 14.0. The molecule has 0 spiro atoms. The summed E-state index contributed by atoms with van der Waals surface area (Å²) in [5.41, 5.74) is 3.29. The van der Waals surface area contributed by atoms with Gasteiger partial charge in [0.2, 0.25) is 5.91 Å². The minimum atomic E-state index is -0.227. The molecule has 1 aliphatic heterocycles. The highest BCUT2D eigenvalue weighted by molar-refractivity contribution is 5.79. The lowest BCUT2D eigenvalue weighted by Gasteiger charge is -2.22. The van der Waals surface area contributed by atoms with Gasteiger partial charge >= 0.3 is 0 Å². The summed E-state index contributed by atoms with van der Waals surface area (Å²) < 4.78 is 13.1. The molecule has 0 aromatic heterocycles. The fraction of sp³-hybridized carbons (Fsp3) is 0.391. The molecule has 0 bridgehead atoms. The standard InChI is InChI=1S/C23H29FN4O/c1-3-25-23(27(2)16-19-10-12-21(24)13-11-19)26-15-18-6-8-20(9-7-18)17-28-14-4-5-22(28)29/h6-13H,3-5,14-17H2,1-2H3,(H,25,26). The number of hydrogen-bond acceptors (Lipinski definition) is 2. The maximum atomic E-state index is 13.1. The van der Waals surface area contributed by atoms with Crippen molar-refractivity contribution in [2.75, 3.05) is 20.1 Å². The molecule has 2 aromatic rings. The van der Waals surface area contributed by atoms with Crippen LogP contribution < -0.4 is 5.32 Å². The van der Waals surface area contributed by atoms with Crippen LogP contribution >= 0.6 is 0 Å². The van der Waals surface area contributed by atoms with Crippen molar-refractivity contribution >= 4 is 11.9 Å². The molecule has 3 rings (SSSR count). The first-order valence-electron chi connectivity index (χ1n) is 10.1. The lowest BCUT2D eigenvalue weighted by Crippen LogP contribution is -2.38. The van der Waals surface area contributed by atoms with Crippen molar-refractivity contribution in [2.45, 2.75) is 39.4 Å². The van der Waals surface area contributed by atoms with Gasteiger partial charge in [-0.25, -0.2) is 9.38 Å². The molecular weight excluding hydrogens is 367 g/mol. The zero-order valence-corrected chi connectivity index (χ0v) is 17.2. The van der Waals surface area contributed by atoms with Crippen molar-refractivity contribution in [1.82, 2.24) is 15.1 Å². The number of rotatable bonds is 7. The van der Waals surface area contributed by atoms with Crippen molar-refractivity contribution in [2.24, 2.45) is 4.99 Å². The monoisotopic (exact) mass is 396 g/mol. The quantitative estimate of drug-likeness (QED) is 0.575. The molecule has 0 saturated carbocycles. The number of nitrogens with one attached hydrogen (secondary N) is 1. The van der Waals surface area contributed by atoms with E-state index in [1.807, 2.05) is 23.8 Å². The molecule has 1 heterocycles. The Morgan fingerprint density at radius 1 is 1.10 bits per heavy atom. The summed E-state index contributed by atoms with van der Waals surface area (Å²) in [6.45, 7) is 5.57. The summed E-state index contributed by atoms with van der Waals surface area (Å²) in [4.78, 5) is 20.5. The van der Waals surface area contributed by atoms with Crippen LogP contribution in [0.15, 0.2) is 53.5 Å². The second kappa shape index (κ2) is 10.0. The Balaban J connectivity index is 1.60. The van der Waals surface area contributed by atoms with Crippen LogP contribution in [0.5, 0.6) is 0 Å². The van der Waals surface area contributed by atoms with E-state index in [0.29, 0.717) is 26.1 Å². The summed E-state index contributed by atoms with van der Waals surface area (Å²) in [5.74, 6) is 0.830. The molecule has 6 heteroatoms. The highest BCUT2D eigenvalue weighted by atomic mass is 19.1. The zero-order chi connectivity index (χ0) is 20.6. The zero-order valence-electron chi connectivity index (χ0n) is 17.2. The first kappa shape index (κ1) is 20.8. The Labute approximate surface area is 172 Å². The molecule has 2 aromatic carbocycles. The number of halogens is 1. The fourth-order valence-corrected chi connectivity index (χ4v) is 3.42. The van der Waals surface area contributed by atoms with Gasteiger partial charge < -0.3 is 15.1 Å². The number of guanidine groups is 1. The predicted molar refractivity (Wildman–Crippen MR) is 114 cm³/mol. The third-order valence-corrected chi connectivity index (χ3v) is 5.01. The molecule has 29 heavy (non-hydrogen) atoms. The van der Waals surface area contributed by atoms with Crippen LogP contribution in [0.4, 0.5) is 4.39 Å². The Morgan fingerprint density at radius 2 is 1.76 bits per heavy atom. The van der Waals surface area contributed by atoms with Gasteiger partial charge in [0.25, 0.3) is 0 Å². The largest absolute Gasteiger partial charge is 0.357 e. The van der Waals surface area contributed by atoms with Crippen LogP contribution in [-0.2, 0) is 24.4 Å². The van der Waals surface area contributed by atoms with E-state index in [4.69, 9.17) is 4.99 Å². The number of likely N-dealkylation sites (tertiary alicyclic amines) is 1. The maximum Gasteiger partial charge on any atom is 0.222 e. The van der Waals surface area contributed by atoms with E-state index in [9.17, 15) is 9.18 Å². The Hall–Kier alpha value is -2.89. The lowest BCUT2D eigenvalue weighted by molar-refractivity contribution is -0.128. The summed E-state index contributed by atoms with van der Waals surface area (Å²) in [5, 5.41) is 3.31.